The number of nitrogens with zero attached hydrogens (tertiary/aromatic N) is 2. The molecule has 3 saturated carbocycles. The number of carbonyl (C=O) groups is 2. The summed E-state index contributed by atoms with van der Waals surface area (Å²) in [6, 6.07) is -0.337. The second-order valence-electron chi connectivity index (χ2n) is 11.4. The number of aryl methyl sites for hydroxylation is 1. The minimum Gasteiger partial charge on any atom is -0.352 e. The third-order valence-corrected chi connectivity index (χ3v) is 10.9. The van der Waals surface area contributed by atoms with Gasteiger partial charge in [-0.3, -0.25) is 23.9 Å². The van der Waals surface area contributed by atoms with Crippen LogP contribution in [-0.4, -0.2) is 48.0 Å². The van der Waals surface area contributed by atoms with Gasteiger partial charge in [0.1, 0.15) is 12.6 Å². The lowest BCUT2D eigenvalue weighted by Crippen LogP contribution is -2.61. The third kappa shape index (κ3) is 4.79. The number of rotatable bonds is 4. The molecule has 1 aliphatic heterocycles. The van der Waals surface area contributed by atoms with Crippen LogP contribution in [0.25, 0.3) is 0 Å². The standard InChI is InChI=1S/C27H40N4O4S/c1-19-17-30(25(35)29-23(19)33)18-21(32)31-22(24(34)28-20-11-5-2-6-12-20)26(13-7-3-8-14-26)36-27(31)15-9-4-10-16-27/h17,20,22H,2-16,18H2,1H3,(H,28,34)(H,29,33,35). The fourth-order valence-electron chi connectivity index (χ4n) is 7.14. The number of amides is 2. The fourth-order valence-corrected chi connectivity index (χ4v) is 9.51. The highest BCUT2D eigenvalue weighted by Crippen LogP contribution is 2.61. The Morgan fingerprint density at radius 3 is 2.25 bits per heavy atom. The first-order chi connectivity index (χ1) is 17.3. The molecule has 2 heterocycles. The highest BCUT2D eigenvalue weighted by molar-refractivity contribution is 8.02. The van der Waals surface area contributed by atoms with Crippen LogP contribution in [0, 0.1) is 6.92 Å². The van der Waals surface area contributed by atoms with Crippen LogP contribution in [0.3, 0.4) is 0 Å². The molecule has 5 rings (SSSR count). The van der Waals surface area contributed by atoms with Crippen molar-refractivity contribution in [1.29, 1.82) is 0 Å². The van der Waals surface area contributed by atoms with E-state index in [4.69, 9.17) is 0 Å². The molecule has 0 radical (unpaired) electrons. The van der Waals surface area contributed by atoms with Crippen molar-refractivity contribution in [3.63, 3.8) is 0 Å². The maximum absolute atomic E-state index is 14.2. The Hall–Kier alpha value is -2.03. The number of carbonyl (C=O) groups excluding carboxylic acids is 2. The molecule has 0 aromatic carbocycles. The molecule has 2 spiro atoms. The van der Waals surface area contributed by atoms with Gasteiger partial charge in [0.05, 0.1) is 4.87 Å². The Morgan fingerprint density at radius 1 is 0.972 bits per heavy atom. The summed E-state index contributed by atoms with van der Waals surface area (Å²) < 4.78 is 1.03. The molecule has 2 N–H and O–H groups in total. The molecule has 1 atom stereocenters. The van der Waals surface area contributed by atoms with Crippen molar-refractivity contribution < 1.29 is 9.59 Å². The number of H-pyrrole nitrogens is 1. The maximum Gasteiger partial charge on any atom is 0.328 e. The monoisotopic (exact) mass is 516 g/mol. The SMILES string of the molecule is Cc1cn(CC(=O)N2C(C(=O)NC3CCCCC3)C3(CCCCC3)SC23CCCCC3)c(=O)[nH]c1=O. The van der Waals surface area contributed by atoms with Crippen LogP contribution < -0.4 is 16.6 Å². The smallest absolute Gasteiger partial charge is 0.328 e. The van der Waals surface area contributed by atoms with Gasteiger partial charge in [0.25, 0.3) is 5.56 Å². The molecule has 1 saturated heterocycles. The third-order valence-electron chi connectivity index (χ3n) is 8.89. The van der Waals surface area contributed by atoms with Crippen LogP contribution in [-0.2, 0) is 16.1 Å². The number of hydrogen-bond acceptors (Lipinski definition) is 5. The van der Waals surface area contributed by atoms with E-state index in [1.807, 2.05) is 16.7 Å². The zero-order valence-corrected chi connectivity index (χ0v) is 22.3. The first-order valence-electron chi connectivity index (χ1n) is 14.0. The van der Waals surface area contributed by atoms with Crippen LogP contribution >= 0.6 is 11.8 Å². The molecule has 4 aliphatic rings. The Labute approximate surface area is 217 Å². The van der Waals surface area contributed by atoms with Crippen molar-refractivity contribution in [2.75, 3.05) is 0 Å². The quantitative estimate of drug-likeness (QED) is 0.636. The number of hydrogen-bond donors (Lipinski definition) is 2. The van der Waals surface area contributed by atoms with Gasteiger partial charge < -0.3 is 10.2 Å². The summed E-state index contributed by atoms with van der Waals surface area (Å²) in [6.07, 6.45) is 17.2. The van der Waals surface area contributed by atoms with Gasteiger partial charge in [0, 0.05) is 22.5 Å². The number of nitrogens with one attached hydrogen (secondary N) is 2. The molecule has 198 valence electrons. The normalized spacial score (nSPS) is 25.8. The van der Waals surface area contributed by atoms with Crippen molar-refractivity contribution in [2.45, 2.75) is 131 Å². The summed E-state index contributed by atoms with van der Waals surface area (Å²) >= 11 is 1.91. The average molecular weight is 517 g/mol. The van der Waals surface area contributed by atoms with E-state index in [2.05, 4.69) is 10.3 Å². The van der Waals surface area contributed by atoms with Crippen molar-refractivity contribution in [3.8, 4) is 0 Å². The number of aromatic amines is 1. The predicted molar refractivity (Wildman–Crippen MR) is 141 cm³/mol. The van der Waals surface area contributed by atoms with E-state index in [0.29, 0.717) is 5.56 Å². The summed E-state index contributed by atoms with van der Waals surface area (Å²) in [6.45, 7) is 1.47. The zero-order valence-electron chi connectivity index (χ0n) is 21.5. The van der Waals surface area contributed by atoms with E-state index in [1.54, 1.807) is 6.92 Å². The molecular formula is C27H40N4O4S. The zero-order chi connectivity index (χ0) is 25.3. The molecule has 36 heavy (non-hydrogen) atoms. The van der Waals surface area contributed by atoms with Gasteiger partial charge in [-0.05, 0) is 45.4 Å². The van der Waals surface area contributed by atoms with E-state index < -0.39 is 22.2 Å². The highest BCUT2D eigenvalue weighted by Gasteiger charge is 2.64. The lowest BCUT2D eigenvalue weighted by molar-refractivity contribution is -0.146. The van der Waals surface area contributed by atoms with Crippen LogP contribution in [0.4, 0.5) is 0 Å². The largest absolute Gasteiger partial charge is 0.352 e. The maximum atomic E-state index is 14.2. The van der Waals surface area contributed by atoms with E-state index >= 15 is 0 Å². The minimum atomic E-state index is -0.584. The minimum absolute atomic E-state index is 0.00269. The van der Waals surface area contributed by atoms with Crippen LogP contribution in [0.2, 0.25) is 0 Å². The molecule has 4 fully saturated rings. The first-order valence-corrected chi connectivity index (χ1v) is 14.8. The summed E-state index contributed by atoms with van der Waals surface area (Å²) in [5.74, 6) is -0.193. The molecule has 3 aliphatic carbocycles. The van der Waals surface area contributed by atoms with Gasteiger partial charge in [0.15, 0.2) is 0 Å². The molecule has 8 nitrogen and oxygen atoms in total. The summed E-state index contributed by atoms with van der Waals surface area (Å²) in [5.41, 5.74) is -0.630. The Kier molecular flexibility index (Phi) is 7.39. The molecule has 1 aromatic heterocycles. The van der Waals surface area contributed by atoms with Crippen molar-refractivity contribution >= 4 is 23.6 Å². The molecule has 9 heteroatoms. The van der Waals surface area contributed by atoms with Crippen molar-refractivity contribution in [3.05, 3.63) is 32.6 Å². The average Bonchev–Trinajstić information content (AvgIpc) is 3.12. The topological polar surface area (TPSA) is 104 Å². The van der Waals surface area contributed by atoms with Gasteiger partial charge in [-0.1, -0.05) is 57.8 Å². The van der Waals surface area contributed by atoms with Crippen molar-refractivity contribution in [2.24, 2.45) is 0 Å². The lowest BCUT2D eigenvalue weighted by atomic mass is 9.80. The van der Waals surface area contributed by atoms with E-state index in [-0.39, 0.29) is 29.1 Å². The van der Waals surface area contributed by atoms with Gasteiger partial charge >= 0.3 is 5.69 Å². The van der Waals surface area contributed by atoms with Gasteiger partial charge in [-0.25, -0.2) is 4.79 Å². The van der Waals surface area contributed by atoms with Crippen LogP contribution in [0.5, 0.6) is 0 Å². The Bertz CT molecular complexity index is 1090. The lowest BCUT2D eigenvalue weighted by Gasteiger charge is -2.42. The van der Waals surface area contributed by atoms with Gasteiger partial charge in [-0.2, -0.15) is 0 Å². The van der Waals surface area contributed by atoms with E-state index in [1.165, 1.54) is 23.6 Å². The van der Waals surface area contributed by atoms with Gasteiger partial charge in [-0.15, -0.1) is 11.8 Å². The fraction of sp³-hybridized carbons (Fsp3) is 0.778. The number of aromatic nitrogens is 2. The van der Waals surface area contributed by atoms with Crippen LogP contribution in [0.1, 0.15) is 102 Å². The predicted octanol–water partition coefficient (Wildman–Crippen LogP) is 3.60. The van der Waals surface area contributed by atoms with Crippen LogP contribution in [0.15, 0.2) is 15.8 Å². The summed E-state index contributed by atoms with van der Waals surface area (Å²) in [4.78, 5) is 56.5. The first kappa shape index (κ1) is 25.6. The Morgan fingerprint density at radius 2 is 1.58 bits per heavy atom. The second kappa shape index (κ2) is 10.4. The highest BCUT2D eigenvalue weighted by atomic mass is 32.2. The molecule has 2 amide bonds. The summed E-state index contributed by atoms with van der Waals surface area (Å²) in [5, 5.41) is 3.37. The molecule has 0 bridgehead atoms. The van der Waals surface area contributed by atoms with E-state index in [9.17, 15) is 19.2 Å². The van der Waals surface area contributed by atoms with Gasteiger partial charge in [0.2, 0.25) is 11.8 Å². The number of thioether (sulfide) groups is 1. The van der Waals surface area contributed by atoms with E-state index in [0.717, 1.165) is 83.5 Å². The molecule has 1 unspecified atom stereocenters. The Balaban J connectivity index is 1.52. The summed E-state index contributed by atoms with van der Waals surface area (Å²) in [7, 11) is 0. The molecule has 1 aromatic rings. The van der Waals surface area contributed by atoms with Crippen molar-refractivity contribution in [1.82, 2.24) is 19.8 Å². The molecular weight excluding hydrogens is 476 g/mol. The second-order valence-corrected chi connectivity index (χ2v) is 13.2.